The predicted octanol–water partition coefficient (Wildman–Crippen LogP) is 4.33. The molecule has 0 fully saturated rings. The van der Waals surface area contributed by atoms with Gasteiger partial charge in [-0.3, -0.25) is 0 Å². The number of aliphatic hydroxyl groups is 1. The van der Waals surface area contributed by atoms with Crippen molar-refractivity contribution in [1.29, 1.82) is 0 Å². The molecule has 158 valence electrons. The van der Waals surface area contributed by atoms with Gasteiger partial charge in [0, 0.05) is 23.4 Å². The van der Waals surface area contributed by atoms with E-state index < -0.39 is 0 Å². The molecule has 0 radical (unpaired) electrons. The van der Waals surface area contributed by atoms with Gasteiger partial charge in [-0.1, -0.05) is 44.2 Å². The van der Waals surface area contributed by atoms with Crippen molar-refractivity contribution in [2.45, 2.75) is 19.9 Å². The lowest BCUT2D eigenvalue weighted by atomic mass is 10.1. The van der Waals surface area contributed by atoms with Gasteiger partial charge in [0.1, 0.15) is 5.82 Å². The molecule has 7 nitrogen and oxygen atoms in total. The molecule has 1 heterocycles. The Kier molecular flexibility index (Phi) is 7.08. The first-order valence-corrected chi connectivity index (χ1v) is 9.85. The normalized spacial score (nSPS) is 11.8. The third-order valence-electron chi connectivity index (χ3n) is 4.77. The molecule has 0 unspecified atom stereocenters. The van der Waals surface area contributed by atoms with E-state index >= 15 is 0 Å². The van der Waals surface area contributed by atoms with Crippen LogP contribution in [0.3, 0.4) is 0 Å². The van der Waals surface area contributed by atoms with Crippen LogP contribution < -0.4 is 20.1 Å². The number of hydrogen-bond donors (Lipinski definition) is 3. The molecule has 0 aliphatic heterocycles. The Hall–Kier alpha value is -3.32. The summed E-state index contributed by atoms with van der Waals surface area (Å²) in [5, 5.41) is 16.3. The van der Waals surface area contributed by atoms with E-state index in [9.17, 15) is 5.11 Å². The number of benzene rings is 2. The molecule has 0 aliphatic rings. The van der Waals surface area contributed by atoms with Gasteiger partial charge < -0.3 is 25.2 Å². The fourth-order valence-electron chi connectivity index (χ4n) is 2.98. The average molecular weight is 409 g/mol. The Labute approximate surface area is 177 Å². The first kappa shape index (κ1) is 21.4. The summed E-state index contributed by atoms with van der Waals surface area (Å²) in [6, 6.07) is 17.2. The number of ether oxygens (including phenoxy) is 2. The van der Waals surface area contributed by atoms with E-state index in [0.717, 1.165) is 16.9 Å². The molecule has 0 spiro atoms. The number of nitrogens with zero attached hydrogens (tertiary/aromatic N) is 2. The molecule has 0 saturated carbocycles. The summed E-state index contributed by atoms with van der Waals surface area (Å²) in [4.78, 5) is 9.26. The average Bonchev–Trinajstić information content (AvgIpc) is 2.77. The van der Waals surface area contributed by atoms with Crippen LogP contribution in [0.15, 0.2) is 54.6 Å². The minimum absolute atomic E-state index is 0.00493. The van der Waals surface area contributed by atoms with Crippen LogP contribution in [0.5, 0.6) is 11.5 Å². The molecule has 7 heteroatoms. The Morgan fingerprint density at radius 1 is 0.933 bits per heavy atom. The number of aliphatic hydroxyl groups excluding tert-OH is 1. The van der Waals surface area contributed by atoms with Crippen LogP contribution in [0, 0.1) is 5.92 Å². The van der Waals surface area contributed by atoms with Gasteiger partial charge in [0.25, 0.3) is 0 Å². The zero-order valence-electron chi connectivity index (χ0n) is 17.7. The van der Waals surface area contributed by atoms with Crippen LogP contribution in [0.4, 0.5) is 17.5 Å². The van der Waals surface area contributed by atoms with Gasteiger partial charge in [0.15, 0.2) is 11.5 Å². The number of methoxy groups -OCH3 is 2. The van der Waals surface area contributed by atoms with Crippen molar-refractivity contribution >= 4 is 17.5 Å². The summed E-state index contributed by atoms with van der Waals surface area (Å²) in [6.45, 7) is 4.07. The number of anilines is 3. The number of aromatic nitrogens is 2. The molecular formula is C23H28N4O3. The number of nitrogens with one attached hydrogen (secondary N) is 2. The van der Waals surface area contributed by atoms with E-state index in [2.05, 4.69) is 20.6 Å². The Balaban J connectivity index is 1.97. The van der Waals surface area contributed by atoms with Crippen LogP contribution in [0.1, 0.15) is 13.8 Å². The van der Waals surface area contributed by atoms with Crippen molar-refractivity contribution < 1.29 is 14.6 Å². The third-order valence-corrected chi connectivity index (χ3v) is 4.77. The van der Waals surface area contributed by atoms with Gasteiger partial charge in [-0.15, -0.1) is 0 Å². The lowest BCUT2D eigenvalue weighted by Gasteiger charge is -2.21. The summed E-state index contributed by atoms with van der Waals surface area (Å²) >= 11 is 0. The molecule has 1 aromatic heterocycles. The number of hydrogen-bond acceptors (Lipinski definition) is 7. The monoisotopic (exact) mass is 408 g/mol. The zero-order valence-corrected chi connectivity index (χ0v) is 17.7. The van der Waals surface area contributed by atoms with Crippen LogP contribution >= 0.6 is 0 Å². The highest BCUT2D eigenvalue weighted by atomic mass is 16.5. The lowest BCUT2D eigenvalue weighted by molar-refractivity contribution is 0.248. The predicted molar refractivity (Wildman–Crippen MR) is 120 cm³/mol. The second-order valence-corrected chi connectivity index (χ2v) is 7.20. The molecule has 3 N–H and O–H groups in total. The topological polar surface area (TPSA) is 88.5 Å². The fraction of sp³-hybridized carbons (Fsp3) is 0.304. The molecule has 0 amide bonds. The van der Waals surface area contributed by atoms with Gasteiger partial charge in [-0.25, -0.2) is 4.98 Å². The van der Waals surface area contributed by atoms with Crippen LogP contribution in [-0.4, -0.2) is 41.9 Å². The lowest BCUT2D eigenvalue weighted by Crippen LogP contribution is -2.30. The van der Waals surface area contributed by atoms with Crippen LogP contribution in [0.25, 0.3) is 11.3 Å². The Morgan fingerprint density at radius 3 is 2.30 bits per heavy atom. The van der Waals surface area contributed by atoms with Crippen molar-refractivity contribution in [2.24, 2.45) is 5.92 Å². The van der Waals surface area contributed by atoms with Crippen molar-refractivity contribution in [1.82, 2.24) is 9.97 Å². The van der Waals surface area contributed by atoms with E-state index in [1.54, 1.807) is 14.2 Å². The van der Waals surface area contributed by atoms with E-state index in [1.165, 1.54) is 0 Å². The van der Waals surface area contributed by atoms with E-state index in [1.807, 2.05) is 68.4 Å². The molecule has 0 saturated heterocycles. The van der Waals surface area contributed by atoms with E-state index in [-0.39, 0.29) is 18.6 Å². The second-order valence-electron chi connectivity index (χ2n) is 7.20. The molecule has 0 bridgehead atoms. The molecule has 3 rings (SSSR count). The van der Waals surface area contributed by atoms with Crippen molar-refractivity contribution in [2.75, 3.05) is 31.5 Å². The minimum atomic E-state index is -0.148. The molecule has 30 heavy (non-hydrogen) atoms. The quantitative estimate of drug-likeness (QED) is 0.485. The summed E-state index contributed by atoms with van der Waals surface area (Å²) in [5.74, 6) is 2.58. The summed E-state index contributed by atoms with van der Waals surface area (Å²) in [7, 11) is 3.20. The molecule has 3 aromatic rings. The first-order valence-electron chi connectivity index (χ1n) is 9.85. The van der Waals surface area contributed by atoms with Crippen LogP contribution in [-0.2, 0) is 0 Å². The van der Waals surface area contributed by atoms with Gasteiger partial charge >= 0.3 is 0 Å². The standard InChI is InChI=1S/C23H28N4O3/c1-15(2)19(14-28)26-23-25-18(16-8-6-5-7-9-16)13-22(27-23)24-17-10-11-20(29-3)21(12-17)30-4/h5-13,15,19,28H,14H2,1-4H3,(H2,24,25,26,27)/t19-/m1/s1. The molecule has 0 aliphatic carbocycles. The van der Waals surface area contributed by atoms with Gasteiger partial charge in [0.2, 0.25) is 5.95 Å². The first-order chi connectivity index (χ1) is 14.5. The van der Waals surface area contributed by atoms with Gasteiger partial charge in [-0.2, -0.15) is 4.98 Å². The maximum absolute atomic E-state index is 9.70. The number of rotatable bonds is 9. The minimum Gasteiger partial charge on any atom is -0.493 e. The largest absolute Gasteiger partial charge is 0.493 e. The Morgan fingerprint density at radius 2 is 1.67 bits per heavy atom. The second kappa shape index (κ2) is 9.93. The molecular weight excluding hydrogens is 380 g/mol. The van der Waals surface area contributed by atoms with E-state index in [4.69, 9.17) is 9.47 Å². The summed E-state index contributed by atoms with van der Waals surface area (Å²) in [6.07, 6.45) is 0. The van der Waals surface area contributed by atoms with E-state index in [0.29, 0.717) is 23.3 Å². The van der Waals surface area contributed by atoms with Crippen molar-refractivity contribution in [3.8, 4) is 22.8 Å². The maximum Gasteiger partial charge on any atom is 0.225 e. The molecule has 1 atom stereocenters. The maximum atomic E-state index is 9.70. The summed E-state index contributed by atoms with van der Waals surface area (Å²) < 4.78 is 10.7. The van der Waals surface area contributed by atoms with Crippen LogP contribution in [0.2, 0.25) is 0 Å². The highest BCUT2D eigenvalue weighted by Crippen LogP contribution is 2.31. The molecule has 2 aromatic carbocycles. The highest BCUT2D eigenvalue weighted by molar-refractivity contribution is 5.68. The van der Waals surface area contributed by atoms with Gasteiger partial charge in [-0.05, 0) is 18.1 Å². The van der Waals surface area contributed by atoms with Gasteiger partial charge in [0.05, 0.1) is 32.6 Å². The van der Waals surface area contributed by atoms with Crippen molar-refractivity contribution in [3.63, 3.8) is 0 Å². The zero-order chi connectivity index (χ0) is 21.5. The fourth-order valence-corrected chi connectivity index (χ4v) is 2.98. The Bertz CT molecular complexity index is 964. The third kappa shape index (κ3) is 5.18. The summed E-state index contributed by atoms with van der Waals surface area (Å²) in [5.41, 5.74) is 2.55. The van der Waals surface area contributed by atoms with Crippen molar-refractivity contribution in [3.05, 3.63) is 54.6 Å². The smallest absolute Gasteiger partial charge is 0.225 e. The SMILES string of the molecule is COc1ccc(Nc2cc(-c3ccccc3)nc(N[C@H](CO)C(C)C)n2)cc1OC. The highest BCUT2D eigenvalue weighted by Gasteiger charge is 2.15.